The number of aliphatic imine (C=N–C) groups is 1. The third-order valence-corrected chi connectivity index (χ3v) is 4.69. The summed E-state index contributed by atoms with van der Waals surface area (Å²) in [5.41, 5.74) is 2.54. The van der Waals surface area contributed by atoms with E-state index < -0.39 is 0 Å². The van der Waals surface area contributed by atoms with E-state index in [1.54, 1.807) is 12.4 Å². The van der Waals surface area contributed by atoms with Crippen molar-refractivity contribution in [2.75, 3.05) is 51.2 Å². The summed E-state index contributed by atoms with van der Waals surface area (Å²) >= 11 is 0. The number of guanidine groups is 1. The lowest BCUT2D eigenvalue weighted by atomic mass is 10.1. The molecule has 0 aliphatic carbocycles. The van der Waals surface area contributed by atoms with Gasteiger partial charge in [0.25, 0.3) is 0 Å². The van der Waals surface area contributed by atoms with Gasteiger partial charge in [-0.05, 0) is 18.6 Å². The second kappa shape index (κ2) is 11.8. The van der Waals surface area contributed by atoms with Gasteiger partial charge in [0.05, 0.1) is 0 Å². The Morgan fingerprint density at radius 1 is 1.07 bits per heavy atom. The first kappa shape index (κ1) is 22.4. The molecule has 2 aromatic rings. The Kier molecular flexibility index (Phi) is 9.42. The Labute approximate surface area is 184 Å². The number of rotatable bonds is 6. The van der Waals surface area contributed by atoms with Gasteiger partial charge in [0.2, 0.25) is 5.95 Å². The lowest BCUT2D eigenvalue weighted by Gasteiger charge is -2.34. The van der Waals surface area contributed by atoms with Crippen LogP contribution in [0.4, 0.5) is 5.95 Å². The molecule has 28 heavy (non-hydrogen) atoms. The molecule has 0 bridgehead atoms. The van der Waals surface area contributed by atoms with Gasteiger partial charge in [0.1, 0.15) is 0 Å². The highest BCUT2D eigenvalue weighted by atomic mass is 127. The molecule has 1 saturated heterocycles. The van der Waals surface area contributed by atoms with Crippen molar-refractivity contribution in [3.8, 4) is 0 Å². The Balaban J connectivity index is 0.00000280. The zero-order valence-corrected chi connectivity index (χ0v) is 19.0. The molecule has 1 aliphatic rings. The zero-order chi connectivity index (χ0) is 18.9. The van der Waals surface area contributed by atoms with Crippen LogP contribution in [0, 0.1) is 6.92 Å². The summed E-state index contributed by atoms with van der Waals surface area (Å²) in [6, 6.07) is 10.4. The molecule has 0 spiro atoms. The van der Waals surface area contributed by atoms with Gasteiger partial charge >= 0.3 is 0 Å². The molecule has 2 heterocycles. The Morgan fingerprint density at radius 2 is 1.82 bits per heavy atom. The highest BCUT2D eigenvalue weighted by Gasteiger charge is 2.18. The lowest BCUT2D eigenvalue weighted by Crippen LogP contribution is -2.49. The van der Waals surface area contributed by atoms with Gasteiger partial charge in [-0.2, -0.15) is 0 Å². The number of nitrogens with zero attached hydrogens (tertiary/aromatic N) is 5. The first-order valence-electron chi connectivity index (χ1n) is 9.49. The second-order valence-electron chi connectivity index (χ2n) is 6.72. The van der Waals surface area contributed by atoms with Crippen molar-refractivity contribution in [2.45, 2.75) is 13.5 Å². The summed E-state index contributed by atoms with van der Waals surface area (Å²) in [5, 5.41) is 6.78. The molecule has 3 rings (SSSR count). The largest absolute Gasteiger partial charge is 0.355 e. The molecule has 7 nitrogen and oxygen atoms in total. The highest BCUT2D eigenvalue weighted by molar-refractivity contribution is 14.0. The molecule has 0 saturated carbocycles. The van der Waals surface area contributed by atoms with Crippen molar-refractivity contribution in [1.82, 2.24) is 25.5 Å². The molecule has 2 N–H and O–H groups in total. The van der Waals surface area contributed by atoms with Crippen LogP contribution in [0.5, 0.6) is 0 Å². The van der Waals surface area contributed by atoms with E-state index in [4.69, 9.17) is 0 Å². The molecule has 152 valence electrons. The first-order valence-corrected chi connectivity index (χ1v) is 9.49. The Bertz CT molecular complexity index is 730. The minimum atomic E-state index is 0. The fourth-order valence-electron chi connectivity index (χ4n) is 3.19. The number of nitrogens with one attached hydrogen (secondary N) is 2. The first-order chi connectivity index (χ1) is 13.2. The SMILES string of the molecule is CN=C(NCCN1CCN(c2ncccn2)CC1)NCc1cccc(C)c1.I. The predicted octanol–water partition coefficient (Wildman–Crippen LogP) is 1.89. The quantitative estimate of drug-likeness (QED) is 0.363. The summed E-state index contributed by atoms with van der Waals surface area (Å²) in [7, 11) is 1.81. The summed E-state index contributed by atoms with van der Waals surface area (Å²) in [6.45, 7) is 8.72. The van der Waals surface area contributed by atoms with Crippen LogP contribution < -0.4 is 15.5 Å². The molecule has 0 atom stereocenters. The van der Waals surface area contributed by atoms with E-state index in [-0.39, 0.29) is 24.0 Å². The molecular formula is C20H30IN7. The molecule has 1 aromatic heterocycles. The van der Waals surface area contributed by atoms with Crippen LogP contribution in [0.3, 0.4) is 0 Å². The van der Waals surface area contributed by atoms with Crippen LogP contribution in [0.1, 0.15) is 11.1 Å². The lowest BCUT2D eigenvalue weighted by molar-refractivity contribution is 0.260. The highest BCUT2D eigenvalue weighted by Crippen LogP contribution is 2.09. The number of aryl methyl sites for hydroxylation is 1. The smallest absolute Gasteiger partial charge is 0.225 e. The van der Waals surface area contributed by atoms with Crippen molar-refractivity contribution in [3.63, 3.8) is 0 Å². The van der Waals surface area contributed by atoms with Gasteiger partial charge < -0.3 is 15.5 Å². The van der Waals surface area contributed by atoms with Crippen molar-refractivity contribution in [3.05, 3.63) is 53.9 Å². The molecule has 8 heteroatoms. The van der Waals surface area contributed by atoms with Crippen LogP contribution in [-0.4, -0.2) is 67.1 Å². The van der Waals surface area contributed by atoms with E-state index in [1.807, 2.05) is 13.1 Å². The normalized spacial score (nSPS) is 15.1. The number of hydrogen-bond acceptors (Lipinski definition) is 5. The van der Waals surface area contributed by atoms with E-state index in [2.05, 4.69) is 66.6 Å². The average molecular weight is 495 g/mol. The minimum Gasteiger partial charge on any atom is -0.355 e. The van der Waals surface area contributed by atoms with Gasteiger partial charge in [-0.1, -0.05) is 29.8 Å². The van der Waals surface area contributed by atoms with Gasteiger partial charge in [0, 0.05) is 65.3 Å². The van der Waals surface area contributed by atoms with Gasteiger partial charge in [0.15, 0.2) is 5.96 Å². The summed E-state index contributed by atoms with van der Waals surface area (Å²) < 4.78 is 0. The van der Waals surface area contributed by atoms with Crippen LogP contribution in [0.25, 0.3) is 0 Å². The van der Waals surface area contributed by atoms with Crippen LogP contribution >= 0.6 is 24.0 Å². The summed E-state index contributed by atoms with van der Waals surface area (Å²) in [4.78, 5) is 17.7. The van der Waals surface area contributed by atoms with E-state index in [9.17, 15) is 0 Å². The maximum atomic E-state index is 4.33. The van der Waals surface area contributed by atoms with E-state index in [1.165, 1.54) is 11.1 Å². The number of benzene rings is 1. The van der Waals surface area contributed by atoms with Crippen molar-refractivity contribution in [1.29, 1.82) is 0 Å². The van der Waals surface area contributed by atoms with E-state index in [0.717, 1.165) is 57.7 Å². The van der Waals surface area contributed by atoms with Gasteiger partial charge in [-0.25, -0.2) is 9.97 Å². The monoisotopic (exact) mass is 495 g/mol. The predicted molar refractivity (Wildman–Crippen MR) is 125 cm³/mol. The molecule has 0 amide bonds. The number of piperazine rings is 1. The average Bonchev–Trinajstić information content (AvgIpc) is 2.72. The molecule has 1 aromatic carbocycles. The Morgan fingerprint density at radius 3 is 2.50 bits per heavy atom. The number of anilines is 1. The maximum absolute atomic E-state index is 4.33. The Hall–Kier alpha value is -1.94. The maximum Gasteiger partial charge on any atom is 0.225 e. The van der Waals surface area contributed by atoms with Crippen molar-refractivity contribution in [2.24, 2.45) is 4.99 Å². The molecule has 0 unspecified atom stereocenters. The standard InChI is InChI=1S/C20H29N7.HI/c1-17-5-3-6-18(15-17)16-25-19(21-2)22-9-10-26-11-13-27(14-12-26)20-23-7-4-8-24-20;/h3-8,15H,9-14,16H2,1-2H3,(H2,21,22,25);1H. The van der Waals surface area contributed by atoms with Crippen molar-refractivity contribution < 1.29 is 0 Å². The van der Waals surface area contributed by atoms with Crippen molar-refractivity contribution >= 4 is 35.9 Å². The third kappa shape index (κ3) is 6.90. The summed E-state index contributed by atoms with van der Waals surface area (Å²) in [5.74, 6) is 1.67. The second-order valence-corrected chi connectivity index (χ2v) is 6.72. The fourth-order valence-corrected chi connectivity index (χ4v) is 3.19. The summed E-state index contributed by atoms with van der Waals surface area (Å²) in [6.07, 6.45) is 3.60. The molecule has 1 fully saturated rings. The van der Waals surface area contributed by atoms with Crippen LogP contribution in [0.2, 0.25) is 0 Å². The third-order valence-electron chi connectivity index (χ3n) is 4.69. The fraction of sp³-hybridized carbons (Fsp3) is 0.450. The zero-order valence-electron chi connectivity index (χ0n) is 16.6. The minimum absolute atomic E-state index is 0. The van der Waals surface area contributed by atoms with E-state index in [0.29, 0.717) is 0 Å². The number of hydrogen-bond donors (Lipinski definition) is 2. The molecule has 1 aliphatic heterocycles. The van der Waals surface area contributed by atoms with E-state index >= 15 is 0 Å². The van der Waals surface area contributed by atoms with Crippen LogP contribution in [0.15, 0.2) is 47.7 Å². The van der Waals surface area contributed by atoms with Gasteiger partial charge in [-0.3, -0.25) is 9.89 Å². The van der Waals surface area contributed by atoms with Crippen LogP contribution in [-0.2, 0) is 6.54 Å². The topological polar surface area (TPSA) is 68.7 Å². The molecular weight excluding hydrogens is 465 g/mol. The number of halogens is 1. The number of aromatic nitrogens is 2. The molecule has 0 radical (unpaired) electrons. The van der Waals surface area contributed by atoms with Gasteiger partial charge in [-0.15, -0.1) is 24.0 Å².